The molecule has 2 aromatic carbocycles. The van der Waals surface area contributed by atoms with Crippen molar-refractivity contribution in [2.75, 3.05) is 11.9 Å². The van der Waals surface area contributed by atoms with Crippen molar-refractivity contribution in [3.05, 3.63) is 65.7 Å². The van der Waals surface area contributed by atoms with E-state index in [4.69, 9.17) is 0 Å². The average molecular weight is 280 g/mol. The van der Waals surface area contributed by atoms with Crippen LogP contribution in [0.2, 0.25) is 0 Å². The molecule has 0 spiro atoms. The van der Waals surface area contributed by atoms with Crippen LogP contribution in [-0.2, 0) is 22.6 Å². The van der Waals surface area contributed by atoms with Gasteiger partial charge in [0.1, 0.15) is 0 Å². The molecular weight excluding hydrogens is 264 g/mol. The summed E-state index contributed by atoms with van der Waals surface area (Å²) in [5.41, 5.74) is 3.00. The summed E-state index contributed by atoms with van der Waals surface area (Å²) in [6.45, 7) is 1.08. The third-order valence-electron chi connectivity index (χ3n) is 3.64. The summed E-state index contributed by atoms with van der Waals surface area (Å²) in [7, 11) is 0. The van der Waals surface area contributed by atoms with Gasteiger partial charge in [0.25, 0.3) is 0 Å². The topological polar surface area (TPSA) is 49.4 Å². The van der Waals surface area contributed by atoms with Gasteiger partial charge in [-0.25, -0.2) is 0 Å². The molecular formula is C17H16N2O2. The first kappa shape index (κ1) is 13.4. The first-order valence-electron chi connectivity index (χ1n) is 6.96. The van der Waals surface area contributed by atoms with E-state index >= 15 is 0 Å². The number of fused-ring (bicyclic) bond motifs is 1. The van der Waals surface area contributed by atoms with Crippen LogP contribution in [0, 0.1) is 0 Å². The van der Waals surface area contributed by atoms with E-state index in [1.807, 2.05) is 36.4 Å². The lowest BCUT2D eigenvalue weighted by Gasteiger charge is -2.28. The second-order valence-corrected chi connectivity index (χ2v) is 5.07. The van der Waals surface area contributed by atoms with Crippen LogP contribution in [-0.4, -0.2) is 23.3 Å². The SMILES string of the molecule is O=C(Nc1ccccc1)C(=O)N1CCc2ccccc2C1. The van der Waals surface area contributed by atoms with Crippen LogP contribution in [0.5, 0.6) is 0 Å². The quantitative estimate of drug-likeness (QED) is 0.814. The lowest BCUT2D eigenvalue weighted by atomic mass is 10.00. The molecule has 4 heteroatoms. The Kier molecular flexibility index (Phi) is 3.69. The van der Waals surface area contributed by atoms with Crippen LogP contribution in [0.25, 0.3) is 0 Å². The Morgan fingerprint density at radius 2 is 1.57 bits per heavy atom. The van der Waals surface area contributed by atoms with E-state index in [1.54, 1.807) is 17.0 Å². The lowest BCUT2D eigenvalue weighted by Crippen LogP contribution is -2.42. The Hall–Kier alpha value is -2.62. The number of amides is 2. The highest BCUT2D eigenvalue weighted by Gasteiger charge is 2.25. The Bertz CT molecular complexity index is 668. The van der Waals surface area contributed by atoms with Gasteiger partial charge >= 0.3 is 11.8 Å². The van der Waals surface area contributed by atoms with Crippen molar-refractivity contribution in [2.45, 2.75) is 13.0 Å². The molecule has 1 aliphatic heterocycles. The molecule has 3 rings (SSSR count). The molecule has 21 heavy (non-hydrogen) atoms. The van der Waals surface area contributed by atoms with Crippen LogP contribution in [0.3, 0.4) is 0 Å². The first-order chi connectivity index (χ1) is 10.2. The van der Waals surface area contributed by atoms with E-state index in [1.165, 1.54) is 5.56 Å². The van der Waals surface area contributed by atoms with Crippen molar-refractivity contribution >= 4 is 17.5 Å². The van der Waals surface area contributed by atoms with E-state index in [-0.39, 0.29) is 0 Å². The second-order valence-electron chi connectivity index (χ2n) is 5.07. The van der Waals surface area contributed by atoms with Gasteiger partial charge < -0.3 is 10.2 Å². The summed E-state index contributed by atoms with van der Waals surface area (Å²) in [5.74, 6) is -1.06. The summed E-state index contributed by atoms with van der Waals surface area (Å²) in [5, 5.41) is 2.63. The summed E-state index contributed by atoms with van der Waals surface area (Å²) in [4.78, 5) is 25.8. The first-order valence-corrected chi connectivity index (χ1v) is 6.96. The molecule has 1 aliphatic rings. The Morgan fingerprint density at radius 1 is 0.905 bits per heavy atom. The van der Waals surface area contributed by atoms with Crippen molar-refractivity contribution in [3.63, 3.8) is 0 Å². The number of carbonyl (C=O) groups is 2. The molecule has 0 saturated heterocycles. The van der Waals surface area contributed by atoms with Gasteiger partial charge in [-0.2, -0.15) is 0 Å². The molecule has 0 radical (unpaired) electrons. The van der Waals surface area contributed by atoms with Gasteiger partial charge in [-0.05, 0) is 29.7 Å². The number of hydrogen-bond donors (Lipinski definition) is 1. The third-order valence-corrected chi connectivity index (χ3v) is 3.64. The normalized spacial score (nSPS) is 13.4. The average Bonchev–Trinajstić information content (AvgIpc) is 2.54. The smallest absolute Gasteiger partial charge is 0.313 e. The largest absolute Gasteiger partial charge is 0.330 e. The number of rotatable bonds is 1. The minimum absolute atomic E-state index is 0.478. The molecule has 2 amide bonds. The summed E-state index contributed by atoms with van der Waals surface area (Å²) < 4.78 is 0. The van der Waals surface area contributed by atoms with Crippen LogP contribution in [0.1, 0.15) is 11.1 Å². The second kappa shape index (κ2) is 5.79. The maximum atomic E-state index is 12.2. The van der Waals surface area contributed by atoms with E-state index in [0.717, 1.165) is 12.0 Å². The highest BCUT2D eigenvalue weighted by molar-refractivity contribution is 6.39. The zero-order valence-corrected chi connectivity index (χ0v) is 11.6. The minimum atomic E-state index is -0.583. The predicted molar refractivity (Wildman–Crippen MR) is 80.6 cm³/mol. The number of nitrogens with zero attached hydrogens (tertiary/aromatic N) is 1. The van der Waals surface area contributed by atoms with Gasteiger partial charge in [0.15, 0.2) is 0 Å². The third kappa shape index (κ3) is 2.94. The lowest BCUT2D eigenvalue weighted by molar-refractivity contribution is -0.143. The monoisotopic (exact) mass is 280 g/mol. The fourth-order valence-electron chi connectivity index (χ4n) is 2.52. The molecule has 0 aliphatic carbocycles. The van der Waals surface area contributed by atoms with E-state index in [9.17, 15) is 9.59 Å². The minimum Gasteiger partial charge on any atom is -0.330 e. The molecule has 0 fully saturated rings. The van der Waals surface area contributed by atoms with Crippen molar-refractivity contribution in [1.82, 2.24) is 4.90 Å². The van der Waals surface area contributed by atoms with Gasteiger partial charge in [0.05, 0.1) is 0 Å². The molecule has 2 aromatic rings. The number of carbonyl (C=O) groups excluding carboxylic acids is 2. The molecule has 0 saturated carbocycles. The summed E-state index contributed by atoms with van der Waals surface area (Å²) in [6, 6.07) is 17.0. The summed E-state index contributed by atoms with van der Waals surface area (Å²) >= 11 is 0. The number of anilines is 1. The Labute approximate surface area is 123 Å². The number of hydrogen-bond acceptors (Lipinski definition) is 2. The van der Waals surface area contributed by atoms with Crippen LogP contribution in [0.4, 0.5) is 5.69 Å². The highest BCUT2D eigenvalue weighted by atomic mass is 16.2. The van der Waals surface area contributed by atoms with Gasteiger partial charge in [-0.1, -0.05) is 42.5 Å². The van der Waals surface area contributed by atoms with Crippen molar-refractivity contribution < 1.29 is 9.59 Å². The molecule has 4 nitrogen and oxygen atoms in total. The Balaban J connectivity index is 1.68. The zero-order chi connectivity index (χ0) is 14.7. The molecule has 0 atom stereocenters. The van der Waals surface area contributed by atoms with E-state index in [0.29, 0.717) is 18.8 Å². The van der Waals surface area contributed by atoms with E-state index < -0.39 is 11.8 Å². The number of nitrogens with one attached hydrogen (secondary N) is 1. The van der Waals surface area contributed by atoms with E-state index in [2.05, 4.69) is 11.4 Å². The molecule has 0 bridgehead atoms. The zero-order valence-electron chi connectivity index (χ0n) is 11.6. The van der Waals surface area contributed by atoms with Crippen LogP contribution in [0.15, 0.2) is 54.6 Å². The van der Waals surface area contributed by atoms with Gasteiger partial charge in [-0.15, -0.1) is 0 Å². The number of benzene rings is 2. The standard InChI is InChI=1S/C17H16N2O2/c20-16(18-15-8-2-1-3-9-15)17(21)19-11-10-13-6-4-5-7-14(13)12-19/h1-9H,10-12H2,(H,18,20). The molecule has 1 heterocycles. The fourth-order valence-corrected chi connectivity index (χ4v) is 2.52. The molecule has 0 aromatic heterocycles. The number of para-hydroxylation sites is 1. The van der Waals surface area contributed by atoms with Crippen LogP contribution < -0.4 is 5.32 Å². The van der Waals surface area contributed by atoms with Crippen LogP contribution >= 0.6 is 0 Å². The van der Waals surface area contributed by atoms with Crippen molar-refractivity contribution in [1.29, 1.82) is 0 Å². The van der Waals surface area contributed by atoms with Gasteiger partial charge in [-0.3, -0.25) is 9.59 Å². The Morgan fingerprint density at radius 3 is 2.33 bits per heavy atom. The fraction of sp³-hybridized carbons (Fsp3) is 0.176. The summed E-state index contributed by atoms with van der Waals surface area (Å²) in [6.07, 6.45) is 0.792. The highest BCUT2D eigenvalue weighted by Crippen LogP contribution is 2.18. The predicted octanol–water partition coefficient (Wildman–Crippen LogP) is 2.21. The maximum absolute atomic E-state index is 12.2. The molecule has 0 unspecified atom stereocenters. The molecule has 106 valence electrons. The van der Waals surface area contributed by atoms with Gasteiger partial charge in [0.2, 0.25) is 0 Å². The molecule has 1 N–H and O–H groups in total. The maximum Gasteiger partial charge on any atom is 0.313 e. The van der Waals surface area contributed by atoms with Crippen molar-refractivity contribution in [3.8, 4) is 0 Å². The van der Waals surface area contributed by atoms with Crippen molar-refractivity contribution in [2.24, 2.45) is 0 Å². The van der Waals surface area contributed by atoms with Gasteiger partial charge in [0, 0.05) is 18.8 Å².